The summed E-state index contributed by atoms with van der Waals surface area (Å²) in [6.07, 6.45) is 0. The molecule has 10 nitrogen and oxygen atoms in total. The Bertz CT molecular complexity index is 1810. The van der Waals surface area contributed by atoms with Crippen LogP contribution in [0.1, 0.15) is 83.1 Å². The average Bonchev–Trinajstić information content (AvgIpc) is 3.09. The standard InChI is InChI=1S/2C21H30NO4P/c2*1-15(2)27(24,22-16(3)20(23)25-14-21(4,5)6)26-19-13-9-11-17-10-7-8-12-18(17)19/h2*7-13,15-16H,14H2,1-6H3,(H,22,24)/t2*16-,27?/m10/s1. The van der Waals surface area contributed by atoms with Gasteiger partial charge in [-0.15, -0.1) is 0 Å². The monoisotopic (exact) mass is 782 g/mol. The lowest BCUT2D eigenvalue weighted by atomic mass is 9.99. The molecule has 0 saturated carbocycles. The fraction of sp³-hybridized carbons (Fsp3) is 0.476. The van der Waals surface area contributed by atoms with Crippen molar-refractivity contribution >= 4 is 48.5 Å². The molecule has 0 radical (unpaired) electrons. The van der Waals surface area contributed by atoms with E-state index in [2.05, 4.69) is 10.2 Å². The van der Waals surface area contributed by atoms with Crippen LogP contribution in [0.3, 0.4) is 0 Å². The summed E-state index contributed by atoms with van der Waals surface area (Å²) in [6, 6.07) is 25.3. The number of fused-ring (bicyclic) bond motifs is 2. The predicted octanol–water partition coefficient (Wildman–Crippen LogP) is 10.8. The molecule has 0 heterocycles. The third-order valence-corrected chi connectivity index (χ3v) is 13.2. The van der Waals surface area contributed by atoms with Gasteiger partial charge in [-0.05, 0) is 47.6 Å². The van der Waals surface area contributed by atoms with Gasteiger partial charge in [0.15, 0.2) is 0 Å². The van der Waals surface area contributed by atoms with Gasteiger partial charge in [-0.2, -0.15) is 0 Å². The molecule has 0 aliphatic carbocycles. The van der Waals surface area contributed by atoms with E-state index in [4.69, 9.17) is 18.5 Å². The molecule has 0 spiro atoms. The molecule has 4 aromatic carbocycles. The van der Waals surface area contributed by atoms with Crippen LogP contribution in [0.4, 0.5) is 0 Å². The van der Waals surface area contributed by atoms with Crippen molar-refractivity contribution in [2.24, 2.45) is 10.8 Å². The van der Waals surface area contributed by atoms with Crippen LogP contribution in [0.2, 0.25) is 0 Å². The van der Waals surface area contributed by atoms with Gasteiger partial charge in [0, 0.05) is 10.8 Å². The van der Waals surface area contributed by atoms with Gasteiger partial charge in [-0.1, -0.05) is 142 Å². The molecule has 2 N–H and O–H groups in total. The Morgan fingerprint density at radius 1 is 0.537 bits per heavy atom. The van der Waals surface area contributed by atoms with Crippen LogP contribution in [-0.2, 0) is 28.2 Å². The molecule has 0 saturated heterocycles. The Hall–Kier alpha value is -3.68. The third kappa shape index (κ3) is 13.3. The van der Waals surface area contributed by atoms with E-state index in [0.717, 1.165) is 21.5 Å². The van der Waals surface area contributed by atoms with Crippen molar-refractivity contribution in [3.05, 3.63) is 84.9 Å². The van der Waals surface area contributed by atoms with Gasteiger partial charge in [-0.25, -0.2) is 10.2 Å². The summed E-state index contributed by atoms with van der Waals surface area (Å²) < 4.78 is 49.6. The summed E-state index contributed by atoms with van der Waals surface area (Å²) in [6.45, 7) is 23.1. The second-order valence-electron chi connectivity index (χ2n) is 16.6. The number of hydrogen-bond donors (Lipinski definition) is 2. The highest BCUT2D eigenvalue weighted by atomic mass is 31.2. The molecule has 0 fully saturated rings. The molecule has 0 aliphatic heterocycles. The first-order chi connectivity index (χ1) is 25.0. The fourth-order valence-corrected chi connectivity index (χ4v) is 8.19. The number of hydrogen-bond acceptors (Lipinski definition) is 8. The minimum atomic E-state index is -3.34. The van der Waals surface area contributed by atoms with E-state index in [9.17, 15) is 18.7 Å². The molecular weight excluding hydrogens is 722 g/mol. The molecule has 0 aromatic heterocycles. The normalized spacial score (nSPS) is 15.4. The minimum Gasteiger partial charge on any atom is -0.464 e. The third-order valence-electron chi connectivity index (χ3n) is 8.08. The topological polar surface area (TPSA) is 129 Å². The SMILES string of the molecule is CC(C)P(=O)(N[C@@H](C)C(=O)OCC(C)(C)C)Oc1cccc2ccccc12.CC(C)P(=O)(N[C@H](C)C(=O)OCC(C)(C)C)Oc1cccc2ccccc12. The molecular formula is C42H60N2O8P2. The summed E-state index contributed by atoms with van der Waals surface area (Å²) in [5, 5.41) is 9.57. The van der Waals surface area contributed by atoms with Crippen LogP contribution in [0.25, 0.3) is 21.5 Å². The lowest BCUT2D eigenvalue weighted by Gasteiger charge is -2.27. The summed E-state index contributed by atoms with van der Waals surface area (Å²) in [5.74, 6) is 0.195. The van der Waals surface area contributed by atoms with Crippen LogP contribution in [-0.4, -0.2) is 48.6 Å². The largest absolute Gasteiger partial charge is 0.464 e. The molecule has 12 heteroatoms. The van der Waals surface area contributed by atoms with Crippen LogP contribution in [0, 0.1) is 10.8 Å². The van der Waals surface area contributed by atoms with Gasteiger partial charge >= 0.3 is 27.0 Å². The van der Waals surface area contributed by atoms with Crippen molar-refractivity contribution in [1.82, 2.24) is 10.2 Å². The van der Waals surface area contributed by atoms with Gasteiger partial charge in [0.25, 0.3) is 0 Å². The maximum Gasteiger partial charge on any atom is 0.323 e. The molecule has 0 amide bonds. The van der Waals surface area contributed by atoms with Crippen molar-refractivity contribution in [2.75, 3.05) is 13.2 Å². The quantitative estimate of drug-likeness (QED) is 0.0942. The van der Waals surface area contributed by atoms with Crippen molar-refractivity contribution < 1.29 is 37.2 Å². The van der Waals surface area contributed by atoms with E-state index in [1.165, 1.54) is 0 Å². The summed E-state index contributed by atoms with van der Waals surface area (Å²) >= 11 is 0. The minimum absolute atomic E-state index is 0.128. The predicted molar refractivity (Wildman–Crippen MR) is 221 cm³/mol. The number of carbonyl (C=O) groups excluding carboxylic acids is 2. The maximum absolute atomic E-state index is 13.5. The van der Waals surface area contributed by atoms with Gasteiger partial charge in [0.2, 0.25) is 0 Å². The number of ether oxygens (including phenoxy) is 2. The second-order valence-corrected chi connectivity index (χ2v) is 21.9. The van der Waals surface area contributed by atoms with Crippen LogP contribution in [0.15, 0.2) is 84.9 Å². The Morgan fingerprint density at radius 3 is 1.17 bits per heavy atom. The average molecular weight is 783 g/mol. The van der Waals surface area contributed by atoms with E-state index < -0.39 is 39.1 Å². The van der Waals surface area contributed by atoms with Crippen molar-refractivity contribution in [2.45, 2.75) is 106 Å². The lowest BCUT2D eigenvalue weighted by Crippen LogP contribution is -2.37. The van der Waals surface area contributed by atoms with Crippen molar-refractivity contribution in [1.29, 1.82) is 0 Å². The van der Waals surface area contributed by atoms with E-state index >= 15 is 0 Å². The highest BCUT2D eigenvalue weighted by Gasteiger charge is 2.36. The molecule has 4 aromatic rings. The number of carbonyl (C=O) groups is 2. The van der Waals surface area contributed by atoms with Crippen LogP contribution >= 0.6 is 15.0 Å². The summed E-state index contributed by atoms with van der Waals surface area (Å²) in [4.78, 5) is 24.6. The lowest BCUT2D eigenvalue weighted by molar-refractivity contribution is -0.148. The molecule has 0 bridgehead atoms. The fourth-order valence-electron chi connectivity index (χ4n) is 4.87. The number of benzene rings is 4. The number of nitrogens with one attached hydrogen (secondary N) is 2. The zero-order valence-electron chi connectivity index (χ0n) is 34.0. The molecule has 54 heavy (non-hydrogen) atoms. The molecule has 296 valence electrons. The van der Waals surface area contributed by atoms with Crippen LogP contribution in [0.5, 0.6) is 11.5 Å². The van der Waals surface area contributed by atoms with Crippen molar-refractivity contribution in [3.8, 4) is 11.5 Å². The first kappa shape index (κ1) is 44.7. The van der Waals surface area contributed by atoms with Crippen LogP contribution < -0.4 is 19.2 Å². The Morgan fingerprint density at radius 2 is 0.852 bits per heavy atom. The zero-order valence-corrected chi connectivity index (χ0v) is 35.8. The second kappa shape index (κ2) is 18.8. The van der Waals surface area contributed by atoms with Gasteiger partial charge < -0.3 is 18.5 Å². The Balaban J connectivity index is 0.000000290. The van der Waals surface area contributed by atoms with Crippen molar-refractivity contribution in [3.63, 3.8) is 0 Å². The Labute approximate surface area is 322 Å². The van der Waals surface area contributed by atoms with Gasteiger partial charge in [-0.3, -0.25) is 18.7 Å². The molecule has 2 unspecified atom stereocenters. The zero-order chi connectivity index (χ0) is 40.5. The van der Waals surface area contributed by atoms with E-state index in [1.807, 2.05) is 142 Å². The first-order valence-electron chi connectivity index (χ1n) is 18.5. The maximum atomic E-state index is 13.5. The Kier molecular flexibility index (Phi) is 15.5. The van der Waals surface area contributed by atoms with Gasteiger partial charge in [0.05, 0.1) is 24.5 Å². The number of rotatable bonds is 14. The highest BCUT2D eigenvalue weighted by molar-refractivity contribution is 7.58. The summed E-state index contributed by atoms with van der Waals surface area (Å²) in [7, 11) is -6.69. The molecule has 4 rings (SSSR count). The molecule has 0 aliphatic rings. The first-order valence-corrected chi connectivity index (χ1v) is 21.9. The van der Waals surface area contributed by atoms with E-state index in [1.54, 1.807) is 26.0 Å². The number of esters is 2. The summed E-state index contributed by atoms with van der Waals surface area (Å²) in [5.41, 5.74) is -0.878. The van der Waals surface area contributed by atoms with E-state index in [0.29, 0.717) is 24.7 Å². The molecule has 4 atom stereocenters. The smallest absolute Gasteiger partial charge is 0.323 e. The van der Waals surface area contributed by atoms with Gasteiger partial charge in [0.1, 0.15) is 23.6 Å². The van der Waals surface area contributed by atoms with E-state index in [-0.39, 0.29) is 22.1 Å². The highest BCUT2D eigenvalue weighted by Crippen LogP contribution is 2.50.